The number of hydrogen-bond acceptors (Lipinski definition) is 13. The average molecular weight is 883 g/mol. The molecule has 3 aromatic rings. The van der Waals surface area contributed by atoms with Gasteiger partial charge in [0.05, 0.1) is 37.5 Å². The molecule has 2 heterocycles. The number of fused-ring (bicyclic) bond motifs is 3. The van der Waals surface area contributed by atoms with E-state index in [4.69, 9.17) is 43.2 Å². The number of aliphatic hydroxyl groups excluding tert-OH is 2. The fraction of sp³-hybridized carbons (Fsp3) is 0.500. The van der Waals surface area contributed by atoms with Gasteiger partial charge in [0.2, 0.25) is 12.6 Å². The SMILES string of the molecule is C=CCO[C@@]12Oc3ccc(Oc4ccc(OC)c(C=O)c4)cc3[C@H]3[C@H](CCCCO)[C@@H](CCCCO)C=C(C(=NOC(C)(C)C)C[C@@H]1N(Cc1ccc4c(c1)OCO4)C(=O)OCC)[C@H]32. The number of oxime groups is 1. The van der Waals surface area contributed by atoms with Crippen molar-refractivity contribution in [3.63, 3.8) is 0 Å². The van der Waals surface area contributed by atoms with Gasteiger partial charge in [-0.2, -0.15) is 0 Å². The molecule has 1 saturated carbocycles. The van der Waals surface area contributed by atoms with Crippen LogP contribution in [-0.4, -0.2) is 91.0 Å². The summed E-state index contributed by atoms with van der Waals surface area (Å²) >= 11 is 0. The number of ether oxygens (including phenoxy) is 7. The van der Waals surface area contributed by atoms with E-state index in [0.717, 1.165) is 48.7 Å². The van der Waals surface area contributed by atoms with Crippen molar-refractivity contribution in [1.82, 2.24) is 4.90 Å². The fourth-order valence-electron chi connectivity index (χ4n) is 9.65. The smallest absolute Gasteiger partial charge is 0.410 e. The number of allylic oxidation sites excluding steroid dienone is 1. The molecule has 344 valence electrons. The van der Waals surface area contributed by atoms with Gasteiger partial charge in [0.25, 0.3) is 0 Å². The van der Waals surface area contributed by atoms with Gasteiger partial charge in [0.1, 0.15) is 34.6 Å². The number of methoxy groups -OCH3 is 1. The van der Waals surface area contributed by atoms with E-state index in [-0.39, 0.29) is 63.9 Å². The van der Waals surface area contributed by atoms with E-state index >= 15 is 0 Å². The number of rotatable bonds is 20. The maximum absolute atomic E-state index is 14.6. The molecule has 2 aliphatic heterocycles. The Morgan fingerprint density at radius 1 is 0.969 bits per heavy atom. The van der Waals surface area contributed by atoms with E-state index in [1.54, 1.807) is 36.1 Å². The number of nitrogens with zero attached hydrogens (tertiary/aromatic N) is 2. The first-order valence-electron chi connectivity index (χ1n) is 22.4. The molecule has 64 heavy (non-hydrogen) atoms. The van der Waals surface area contributed by atoms with Gasteiger partial charge < -0.3 is 48.2 Å². The van der Waals surface area contributed by atoms with Crippen molar-refractivity contribution in [1.29, 1.82) is 0 Å². The standard InChI is InChI=1S/C50H62N2O12/c1-7-23-61-50-45(52(48(56)58-8-2)29-32-15-18-43-44(24-32)60-31-59-43)28-40(51-64-49(3,4)5)38-26-33(13-9-11-21-53)37(14-10-12-22-54)46(47(38)50)39-27-36(17-20-42(39)63-50)62-35-16-19-41(57-6)34(25-35)30-55/h7,15-20,24-27,30,33,37,45-47,53-54H,1,8-14,21-23,28-29,31H2,2-6H3/t33-,37+,45-,46+,47+,50+/m0/s1. The Hall–Kier alpha value is -5.57. The summed E-state index contributed by atoms with van der Waals surface area (Å²) in [5.41, 5.74) is 2.93. The summed E-state index contributed by atoms with van der Waals surface area (Å²) in [6.45, 7) is 12.2. The Bertz CT molecular complexity index is 2200. The second kappa shape index (κ2) is 20.5. The summed E-state index contributed by atoms with van der Waals surface area (Å²) in [5, 5.41) is 24.9. The molecular weight excluding hydrogens is 821 g/mol. The quantitative estimate of drug-likeness (QED) is 0.0480. The lowest BCUT2D eigenvalue weighted by atomic mass is 9.55. The third-order valence-electron chi connectivity index (χ3n) is 12.3. The molecule has 0 unspecified atom stereocenters. The molecular formula is C50H62N2O12. The zero-order valence-electron chi connectivity index (χ0n) is 37.6. The zero-order chi connectivity index (χ0) is 45.4. The highest BCUT2D eigenvalue weighted by Crippen LogP contribution is 2.62. The highest BCUT2D eigenvalue weighted by molar-refractivity contribution is 6.03. The van der Waals surface area contributed by atoms with Gasteiger partial charge in [-0.3, -0.25) is 9.69 Å². The van der Waals surface area contributed by atoms with Crippen LogP contribution in [-0.2, 0) is 20.9 Å². The van der Waals surface area contributed by atoms with Crippen LogP contribution in [0.3, 0.4) is 0 Å². The van der Waals surface area contributed by atoms with E-state index < -0.39 is 29.4 Å². The predicted molar refractivity (Wildman–Crippen MR) is 239 cm³/mol. The predicted octanol–water partition coefficient (Wildman–Crippen LogP) is 9.12. The third kappa shape index (κ3) is 9.89. The largest absolute Gasteiger partial charge is 0.496 e. The van der Waals surface area contributed by atoms with Crippen molar-refractivity contribution < 1.29 is 57.8 Å². The Labute approximate surface area is 375 Å². The molecule has 4 aliphatic rings. The van der Waals surface area contributed by atoms with Crippen LogP contribution in [0.4, 0.5) is 4.79 Å². The van der Waals surface area contributed by atoms with Crippen LogP contribution >= 0.6 is 0 Å². The first-order chi connectivity index (χ1) is 31.0. The number of aldehydes is 1. The van der Waals surface area contributed by atoms with Crippen molar-refractivity contribution in [3.8, 4) is 34.5 Å². The molecule has 7 rings (SSSR count). The van der Waals surface area contributed by atoms with Crippen molar-refractivity contribution in [2.24, 2.45) is 22.9 Å². The maximum atomic E-state index is 14.6. The van der Waals surface area contributed by atoms with Gasteiger partial charge in [-0.1, -0.05) is 36.2 Å². The molecule has 6 atom stereocenters. The molecule has 14 heteroatoms. The van der Waals surface area contributed by atoms with E-state index in [2.05, 4.69) is 12.7 Å². The lowest BCUT2D eigenvalue weighted by molar-refractivity contribution is -0.256. The summed E-state index contributed by atoms with van der Waals surface area (Å²) in [4.78, 5) is 34.5. The molecule has 0 aromatic heterocycles. The Morgan fingerprint density at radius 3 is 2.42 bits per heavy atom. The highest BCUT2D eigenvalue weighted by atomic mass is 16.7. The third-order valence-corrected chi connectivity index (χ3v) is 12.3. The number of carbonyl (C=O) groups excluding carboxylic acids is 2. The van der Waals surface area contributed by atoms with E-state index in [1.807, 2.05) is 57.2 Å². The van der Waals surface area contributed by atoms with Crippen molar-refractivity contribution >= 4 is 18.1 Å². The summed E-state index contributed by atoms with van der Waals surface area (Å²) in [7, 11) is 1.51. The van der Waals surface area contributed by atoms with Gasteiger partial charge in [0.15, 0.2) is 17.8 Å². The first kappa shape index (κ1) is 46.4. The lowest BCUT2D eigenvalue weighted by Gasteiger charge is -2.60. The molecule has 3 aromatic carbocycles. The van der Waals surface area contributed by atoms with Crippen LogP contribution in [0.15, 0.2) is 84.1 Å². The van der Waals surface area contributed by atoms with Crippen molar-refractivity contribution in [2.75, 3.05) is 40.3 Å². The summed E-state index contributed by atoms with van der Waals surface area (Å²) in [6.07, 6.45) is 8.71. The molecule has 14 nitrogen and oxygen atoms in total. The molecule has 0 saturated heterocycles. The minimum Gasteiger partial charge on any atom is -0.496 e. The molecule has 1 fully saturated rings. The number of benzene rings is 3. The first-order valence-corrected chi connectivity index (χ1v) is 22.4. The van der Waals surface area contributed by atoms with Crippen LogP contribution in [0.2, 0.25) is 0 Å². The second-order valence-corrected chi connectivity index (χ2v) is 17.6. The number of carbonyl (C=O) groups is 2. The Balaban J connectivity index is 1.46. The van der Waals surface area contributed by atoms with E-state index in [0.29, 0.717) is 58.6 Å². The number of unbranched alkanes of at least 4 members (excludes halogenated alkanes) is 2. The van der Waals surface area contributed by atoms with Gasteiger partial charge in [-0.25, -0.2) is 4.79 Å². The molecule has 2 aliphatic carbocycles. The van der Waals surface area contributed by atoms with Crippen molar-refractivity contribution in [3.05, 3.63) is 95.6 Å². The van der Waals surface area contributed by atoms with Crippen LogP contribution in [0.5, 0.6) is 34.5 Å². The van der Waals surface area contributed by atoms with Crippen molar-refractivity contribution in [2.45, 2.75) is 103 Å². The highest BCUT2D eigenvalue weighted by Gasteiger charge is 2.66. The normalized spacial score (nSPS) is 23.5. The summed E-state index contributed by atoms with van der Waals surface area (Å²) < 4.78 is 43.6. The number of hydrogen-bond donors (Lipinski definition) is 2. The van der Waals surface area contributed by atoms with Crippen LogP contribution in [0.1, 0.15) is 100 Å². The molecule has 0 spiro atoms. The monoisotopic (exact) mass is 882 g/mol. The van der Waals surface area contributed by atoms with Gasteiger partial charge in [0, 0.05) is 37.7 Å². The van der Waals surface area contributed by atoms with Crippen LogP contribution in [0.25, 0.3) is 0 Å². The molecule has 0 radical (unpaired) electrons. The summed E-state index contributed by atoms with van der Waals surface area (Å²) in [5.74, 6) is 0.828. The molecule has 1 amide bonds. The van der Waals surface area contributed by atoms with Gasteiger partial charge in [-0.15, -0.1) is 6.58 Å². The van der Waals surface area contributed by atoms with Crippen LogP contribution in [0, 0.1) is 17.8 Å². The minimum atomic E-state index is -1.51. The number of aliphatic hydroxyl groups is 2. The van der Waals surface area contributed by atoms with Gasteiger partial charge >= 0.3 is 6.09 Å². The average Bonchev–Trinajstić information content (AvgIpc) is 3.76. The minimum absolute atomic E-state index is 0.0142. The zero-order valence-corrected chi connectivity index (χ0v) is 37.6. The lowest BCUT2D eigenvalue weighted by Crippen LogP contribution is -2.70. The summed E-state index contributed by atoms with van der Waals surface area (Å²) in [6, 6.07) is 15.6. The topological polar surface area (TPSA) is 164 Å². The molecule has 2 N–H and O–H groups in total. The fourth-order valence-corrected chi connectivity index (χ4v) is 9.65. The van der Waals surface area contributed by atoms with E-state index in [9.17, 15) is 19.8 Å². The molecule has 0 bridgehead atoms. The van der Waals surface area contributed by atoms with Crippen LogP contribution < -0.4 is 23.7 Å². The second-order valence-electron chi connectivity index (χ2n) is 17.6. The Kier molecular flexibility index (Phi) is 14.9. The van der Waals surface area contributed by atoms with E-state index in [1.165, 1.54) is 7.11 Å². The Morgan fingerprint density at radius 2 is 1.70 bits per heavy atom. The number of amides is 1. The van der Waals surface area contributed by atoms with Gasteiger partial charge in [-0.05, 0) is 125 Å². The maximum Gasteiger partial charge on any atom is 0.410 e.